The molecular weight excluding hydrogens is 241 g/mol. The van der Waals surface area contributed by atoms with Crippen molar-refractivity contribution in [1.82, 2.24) is 4.98 Å². The fraction of sp³-hybridized carbons (Fsp3) is 0.375. The van der Waals surface area contributed by atoms with Crippen molar-refractivity contribution in [2.45, 2.75) is 13.3 Å². The maximum atomic E-state index is 5.89. The molecule has 0 saturated heterocycles. The van der Waals surface area contributed by atoms with E-state index in [1.165, 1.54) is 0 Å². The van der Waals surface area contributed by atoms with Crippen LogP contribution in [0.15, 0.2) is 16.7 Å². The number of nitrogens with zero attached hydrogens (tertiary/aromatic N) is 1. The lowest BCUT2D eigenvalue weighted by Crippen LogP contribution is -1.97. The quantitative estimate of drug-likeness (QED) is 0.821. The Hall–Kier alpha value is -0.280. The van der Waals surface area contributed by atoms with Crippen LogP contribution in [0.4, 0.5) is 0 Å². The summed E-state index contributed by atoms with van der Waals surface area (Å²) < 4.78 is 6.10. The zero-order chi connectivity index (χ0) is 8.97. The molecule has 0 atom stereocenters. The summed E-state index contributed by atoms with van der Waals surface area (Å²) in [6.07, 6.45) is 2.60. The second-order valence-corrected chi connectivity index (χ2v) is 3.49. The molecule has 0 spiro atoms. The molecule has 1 aromatic rings. The van der Waals surface area contributed by atoms with Crippen molar-refractivity contribution in [2.24, 2.45) is 0 Å². The molecule has 0 saturated carbocycles. The predicted octanol–water partition coefficient (Wildman–Crippen LogP) is 3.29. The molecule has 2 nitrogen and oxygen atoms in total. The zero-order valence-electron chi connectivity index (χ0n) is 6.68. The molecule has 12 heavy (non-hydrogen) atoms. The Morgan fingerprint density at radius 2 is 2.42 bits per heavy atom. The van der Waals surface area contributed by atoms with Crippen LogP contribution in [0.1, 0.15) is 13.3 Å². The smallest absolute Gasteiger partial charge is 0.233 e. The first kappa shape index (κ1) is 9.81. The molecule has 0 fully saturated rings. The van der Waals surface area contributed by atoms with Gasteiger partial charge < -0.3 is 4.74 Å². The summed E-state index contributed by atoms with van der Waals surface area (Å²) in [5.41, 5.74) is 0. The van der Waals surface area contributed by atoms with E-state index in [2.05, 4.69) is 20.9 Å². The van der Waals surface area contributed by atoms with E-state index in [4.69, 9.17) is 16.3 Å². The van der Waals surface area contributed by atoms with Gasteiger partial charge in [0.2, 0.25) is 5.88 Å². The highest BCUT2D eigenvalue weighted by atomic mass is 79.9. The summed E-state index contributed by atoms with van der Waals surface area (Å²) >= 11 is 9.18. The minimum absolute atomic E-state index is 0.493. The lowest BCUT2D eigenvalue weighted by atomic mass is 10.5. The minimum Gasteiger partial charge on any atom is -0.477 e. The Kier molecular flexibility index (Phi) is 3.82. The van der Waals surface area contributed by atoms with Gasteiger partial charge in [-0.2, -0.15) is 0 Å². The van der Waals surface area contributed by atoms with E-state index in [0.717, 1.165) is 10.9 Å². The molecule has 4 heteroatoms. The van der Waals surface area contributed by atoms with E-state index in [9.17, 15) is 0 Å². The van der Waals surface area contributed by atoms with Crippen LogP contribution in [0, 0.1) is 0 Å². The average molecular weight is 251 g/mol. The lowest BCUT2D eigenvalue weighted by molar-refractivity contribution is 0.305. The van der Waals surface area contributed by atoms with E-state index >= 15 is 0 Å². The van der Waals surface area contributed by atoms with Gasteiger partial charge in [-0.05, 0) is 28.4 Å². The van der Waals surface area contributed by atoms with Crippen LogP contribution in [0.2, 0.25) is 5.02 Å². The summed E-state index contributed by atoms with van der Waals surface area (Å²) in [7, 11) is 0. The van der Waals surface area contributed by atoms with Gasteiger partial charge in [0.25, 0.3) is 0 Å². The Balaban J connectivity index is 2.78. The summed E-state index contributed by atoms with van der Waals surface area (Å²) in [4.78, 5) is 3.99. The molecule has 0 aromatic carbocycles. The third-order valence-electron chi connectivity index (χ3n) is 1.25. The standard InChI is InChI=1S/C8H9BrClNO/c1-2-5-12-8-7(10)6(9)3-4-11-8/h3-4H,2,5H2,1H3. The van der Waals surface area contributed by atoms with E-state index in [0.29, 0.717) is 17.5 Å². The van der Waals surface area contributed by atoms with Crippen LogP contribution in [-0.4, -0.2) is 11.6 Å². The largest absolute Gasteiger partial charge is 0.477 e. The van der Waals surface area contributed by atoms with Crippen molar-refractivity contribution in [3.63, 3.8) is 0 Å². The Bertz CT molecular complexity index is 267. The molecule has 66 valence electrons. The molecule has 0 bridgehead atoms. The fourth-order valence-electron chi connectivity index (χ4n) is 0.702. The first-order valence-electron chi connectivity index (χ1n) is 3.68. The molecule has 0 unspecified atom stereocenters. The number of hydrogen-bond donors (Lipinski definition) is 0. The summed E-state index contributed by atoms with van der Waals surface area (Å²) in [6, 6.07) is 1.78. The van der Waals surface area contributed by atoms with Crippen LogP contribution in [0.5, 0.6) is 5.88 Å². The van der Waals surface area contributed by atoms with E-state index < -0.39 is 0 Å². The second kappa shape index (κ2) is 4.67. The number of halogens is 2. The van der Waals surface area contributed by atoms with E-state index in [1.54, 1.807) is 12.3 Å². The zero-order valence-corrected chi connectivity index (χ0v) is 9.02. The number of pyridine rings is 1. The molecule has 1 aromatic heterocycles. The molecule has 0 aliphatic rings. The molecule has 0 amide bonds. The van der Waals surface area contributed by atoms with Crippen LogP contribution < -0.4 is 4.74 Å². The number of aromatic nitrogens is 1. The molecule has 1 rings (SSSR count). The van der Waals surface area contributed by atoms with Gasteiger partial charge in [-0.15, -0.1) is 0 Å². The highest BCUT2D eigenvalue weighted by molar-refractivity contribution is 9.10. The van der Waals surface area contributed by atoms with Crippen molar-refractivity contribution >= 4 is 27.5 Å². The lowest BCUT2D eigenvalue weighted by Gasteiger charge is -2.05. The van der Waals surface area contributed by atoms with Gasteiger partial charge in [0.1, 0.15) is 5.02 Å². The van der Waals surface area contributed by atoms with Crippen molar-refractivity contribution in [2.75, 3.05) is 6.61 Å². The monoisotopic (exact) mass is 249 g/mol. The van der Waals surface area contributed by atoms with Gasteiger partial charge >= 0.3 is 0 Å². The average Bonchev–Trinajstić information content (AvgIpc) is 2.08. The molecular formula is C8H9BrClNO. The Morgan fingerprint density at radius 3 is 3.08 bits per heavy atom. The number of ether oxygens (including phenoxy) is 1. The highest BCUT2D eigenvalue weighted by Crippen LogP contribution is 2.29. The van der Waals surface area contributed by atoms with Crippen molar-refractivity contribution < 1.29 is 4.74 Å². The van der Waals surface area contributed by atoms with Crippen molar-refractivity contribution in [3.05, 3.63) is 21.8 Å². The summed E-state index contributed by atoms with van der Waals surface area (Å²) in [5.74, 6) is 0.493. The highest BCUT2D eigenvalue weighted by Gasteiger charge is 2.05. The molecule has 0 N–H and O–H groups in total. The summed E-state index contributed by atoms with van der Waals surface area (Å²) in [5, 5.41) is 0.533. The molecule has 0 radical (unpaired) electrons. The molecule has 0 aliphatic heterocycles. The van der Waals surface area contributed by atoms with E-state index in [1.807, 2.05) is 6.92 Å². The van der Waals surface area contributed by atoms with Crippen LogP contribution >= 0.6 is 27.5 Å². The van der Waals surface area contributed by atoms with Crippen LogP contribution in [0.25, 0.3) is 0 Å². The minimum atomic E-state index is 0.493. The third-order valence-corrected chi connectivity index (χ3v) is 2.51. The third kappa shape index (κ3) is 2.35. The maximum Gasteiger partial charge on any atom is 0.233 e. The molecule has 0 aliphatic carbocycles. The van der Waals surface area contributed by atoms with Gasteiger partial charge in [0.15, 0.2) is 0 Å². The molecule has 1 heterocycles. The van der Waals surface area contributed by atoms with E-state index in [-0.39, 0.29) is 0 Å². The van der Waals surface area contributed by atoms with Crippen LogP contribution in [-0.2, 0) is 0 Å². The number of hydrogen-bond acceptors (Lipinski definition) is 2. The summed E-state index contributed by atoms with van der Waals surface area (Å²) in [6.45, 7) is 2.68. The Morgan fingerprint density at radius 1 is 1.67 bits per heavy atom. The number of rotatable bonds is 3. The normalized spacial score (nSPS) is 9.92. The van der Waals surface area contributed by atoms with Gasteiger partial charge in [-0.3, -0.25) is 0 Å². The second-order valence-electron chi connectivity index (χ2n) is 2.26. The SMILES string of the molecule is CCCOc1nccc(Br)c1Cl. The van der Waals surface area contributed by atoms with Crippen molar-refractivity contribution in [1.29, 1.82) is 0 Å². The van der Waals surface area contributed by atoms with Gasteiger partial charge in [-0.25, -0.2) is 4.98 Å². The van der Waals surface area contributed by atoms with Crippen LogP contribution in [0.3, 0.4) is 0 Å². The predicted molar refractivity (Wildman–Crippen MR) is 52.7 cm³/mol. The first-order chi connectivity index (χ1) is 5.75. The first-order valence-corrected chi connectivity index (χ1v) is 4.85. The maximum absolute atomic E-state index is 5.89. The van der Waals surface area contributed by atoms with Crippen molar-refractivity contribution in [3.8, 4) is 5.88 Å². The fourth-order valence-corrected chi connectivity index (χ4v) is 1.16. The Labute approximate surface area is 85.0 Å². The van der Waals surface area contributed by atoms with Gasteiger partial charge in [-0.1, -0.05) is 18.5 Å². The van der Waals surface area contributed by atoms with Gasteiger partial charge in [0, 0.05) is 10.7 Å². The topological polar surface area (TPSA) is 22.1 Å². The van der Waals surface area contributed by atoms with Gasteiger partial charge in [0.05, 0.1) is 6.61 Å².